The van der Waals surface area contributed by atoms with E-state index in [0.717, 1.165) is 0 Å². The quantitative estimate of drug-likeness (QED) is 0.852. The van der Waals surface area contributed by atoms with Crippen LogP contribution in [0.2, 0.25) is 5.02 Å². The van der Waals surface area contributed by atoms with Gasteiger partial charge in [0.2, 0.25) is 0 Å². The van der Waals surface area contributed by atoms with Crippen molar-refractivity contribution in [2.24, 2.45) is 0 Å². The van der Waals surface area contributed by atoms with Gasteiger partial charge in [0.15, 0.2) is 6.61 Å². The molecule has 0 aliphatic carbocycles. The number of amides is 1. The highest BCUT2D eigenvalue weighted by Crippen LogP contribution is 2.17. The first-order valence-electron chi connectivity index (χ1n) is 6.92. The van der Waals surface area contributed by atoms with Gasteiger partial charge in [-0.25, -0.2) is 0 Å². The third-order valence-corrected chi connectivity index (χ3v) is 3.37. The van der Waals surface area contributed by atoms with Crippen LogP contribution in [0.25, 0.3) is 0 Å². The van der Waals surface area contributed by atoms with Crippen LogP contribution in [0.3, 0.4) is 0 Å². The van der Waals surface area contributed by atoms with E-state index in [9.17, 15) is 9.90 Å². The smallest absolute Gasteiger partial charge is 0.258 e. The zero-order chi connectivity index (χ0) is 16.7. The van der Waals surface area contributed by atoms with Gasteiger partial charge < -0.3 is 15.2 Å². The van der Waals surface area contributed by atoms with Gasteiger partial charge in [0.1, 0.15) is 11.8 Å². The second-order valence-corrected chi connectivity index (χ2v) is 5.20. The molecule has 1 atom stereocenters. The first-order valence-corrected chi connectivity index (χ1v) is 7.30. The molecular formula is C17H15ClN2O3. The number of carbonyl (C=O) groups is 1. The van der Waals surface area contributed by atoms with E-state index in [1.807, 2.05) is 6.07 Å². The minimum atomic E-state index is -0.831. The molecule has 1 amide bonds. The van der Waals surface area contributed by atoms with Crippen LogP contribution in [-0.2, 0) is 4.79 Å². The van der Waals surface area contributed by atoms with Gasteiger partial charge in [-0.15, -0.1) is 0 Å². The van der Waals surface area contributed by atoms with E-state index >= 15 is 0 Å². The number of nitriles is 1. The summed E-state index contributed by atoms with van der Waals surface area (Å²) in [6.07, 6.45) is -0.831. The Morgan fingerprint density at radius 3 is 2.65 bits per heavy atom. The number of aliphatic hydroxyl groups is 1. The van der Waals surface area contributed by atoms with Crippen molar-refractivity contribution in [2.45, 2.75) is 6.10 Å². The van der Waals surface area contributed by atoms with Crippen LogP contribution < -0.4 is 10.1 Å². The first-order chi connectivity index (χ1) is 11.1. The van der Waals surface area contributed by atoms with Gasteiger partial charge in [-0.2, -0.15) is 5.26 Å². The number of hydrogen-bond donors (Lipinski definition) is 2. The standard InChI is InChI=1S/C17H15ClN2O3/c18-14-7-5-12(6-8-14)15(21)10-20-17(22)11-23-16-4-2-1-3-13(16)9-19/h1-8,15,21H,10-11H2,(H,20,22). The number of nitrogens with zero attached hydrogens (tertiary/aromatic N) is 1. The molecule has 2 N–H and O–H groups in total. The van der Waals surface area contributed by atoms with Crippen LogP contribution in [0.1, 0.15) is 17.2 Å². The third kappa shape index (κ3) is 4.99. The minimum absolute atomic E-state index is 0.0592. The van der Waals surface area contributed by atoms with E-state index in [1.165, 1.54) is 0 Å². The van der Waals surface area contributed by atoms with Gasteiger partial charge in [0, 0.05) is 11.6 Å². The highest BCUT2D eigenvalue weighted by atomic mass is 35.5. The van der Waals surface area contributed by atoms with Crippen molar-refractivity contribution in [1.29, 1.82) is 5.26 Å². The van der Waals surface area contributed by atoms with E-state index in [-0.39, 0.29) is 19.1 Å². The number of para-hydroxylation sites is 1. The lowest BCUT2D eigenvalue weighted by molar-refractivity contribution is -0.123. The molecular weight excluding hydrogens is 316 g/mol. The number of nitrogens with one attached hydrogen (secondary N) is 1. The summed E-state index contributed by atoms with van der Waals surface area (Å²) in [4.78, 5) is 11.8. The number of carbonyl (C=O) groups excluding carboxylic acids is 1. The molecule has 23 heavy (non-hydrogen) atoms. The lowest BCUT2D eigenvalue weighted by Crippen LogP contribution is -2.32. The number of aliphatic hydroxyl groups excluding tert-OH is 1. The predicted octanol–water partition coefficient (Wildman–Crippen LogP) is 2.44. The molecule has 6 heteroatoms. The van der Waals surface area contributed by atoms with E-state index in [0.29, 0.717) is 21.9 Å². The van der Waals surface area contributed by atoms with Crippen LogP contribution in [0.15, 0.2) is 48.5 Å². The molecule has 0 saturated heterocycles. The Balaban J connectivity index is 1.81. The molecule has 0 aliphatic heterocycles. The summed E-state index contributed by atoms with van der Waals surface area (Å²) in [6.45, 7) is -0.171. The van der Waals surface area contributed by atoms with Crippen molar-refractivity contribution in [3.8, 4) is 11.8 Å². The van der Waals surface area contributed by atoms with Gasteiger partial charge in [-0.05, 0) is 29.8 Å². The van der Waals surface area contributed by atoms with Gasteiger partial charge >= 0.3 is 0 Å². The lowest BCUT2D eigenvalue weighted by atomic mass is 10.1. The van der Waals surface area contributed by atoms with Crippen molar-refractivity contribution in [1.82, 2.24) is 5.32 Å². The molecule has 1 unspecified atom stereocenters. The largest absolute Gasteiger partial charge is 0.482 e. The zero-order valence-corrected chi connectivity index (χ0v) is 13.0. The minimum Gasteiger partial charge on any atom is -0.482 e. The Morgan fingerprint density at radius 2 is 1.96 bits per heavy atom. The van der Waals surface area contributed by atoms with Crippen LogP contribution in [0.4, 0.5) is 0 Å². The summed E-state index contributed by atoms with van der Waals surface area (Å²) < 4.78 is 5.31. The predicted molar refractivity (Wildman–Crippen MR) is 86.1 cm³/mol. The van der Waals surface area contributed by atoms with E-state index in [4.69, 9.17) is 21.6 Å². The average Bonchev–Trinajstić information content (AvgIpc) is 2.58. The molecule has 2 rings (SSSR count). The summed E-state index contributed by atoms with van der Waals surface area (Å²) >= 11 is 5.78. The molecule has 118 valence electrons. The SMILES string of the molecule is N#Cc1ccccc1OCC(=O)NCC(O)c1ccc(Cl)cc1. The topological polar surface area (TPSA) is 82.3 Å². The number of benzene rings is 2. The number of rotatable bonds is 6. The van der Waals surface area contributed by atoms with Crippen molar-refractivity contribution in [3.63, 3.8) is 0 Å². The number of halogens is 1. The second kappa shape index (κ2) is 8.18. The normalized spacial score (nSPS) is 11.3. The molecule has 0 radical (unpaired) electrons. The molecule has 0 bridgehead atoms. The maximum absolute atomic E-state index is 11.8. The maximum atomic E-state index is 11.8. The summed E-state index contributed by atoms with van der Waals surface area (Å²) in [5, 5.41) is 22.1. The summed E-state index contributed by atoms with van der Waals surface area (Å²) in [5.74, 6) is -0.0332. The van der Waals surface area contributed by atoms with Crippen molar-refractivity contribution >= 4 is 17.5 Å². The highest BCUT2D eigenvalue weighted by molar-refractivity contribution is 6.30. The monoisotopic (exact) mass is 330 g/mol. The van der Waals surface area contributed by atoms with Gasteiger partial charge in [-0.3, -0.25) is 4.79 Å². The van der Waals surface area contributed by atoms with Crippen molar-refractivity contribution < 1.29 is 14.6 Å². The maximum Gasteiger partial charge on any atom is 0.258 e. The Labute approximate surface area is 139 Å². The van der Waals surface area contributed by atoms with Crippen LogP contribution in [0, 0.1) is 11.3 Å². The first kappa shape index (κ1) is 16.8. The Hall–Kier alpha value is -2.55. The molecule has 5 nitrogen and oxygen atoms in total. The van der Waals surface area contributed by atoms with E-state index in [2.05, 4.69) is 5.32 Å². The molecule has 2 aromatic rings. The second-order valence-electron chi connectivity index (χ2n) is 4.77. The van der Waals surface area contributed by atoms with Crippen LogP contribution in [-0.4, -0.2) is 24.2 Å². The fourth-order valence-corrected chi connectivity index (χ4v) is 2.02. The Bertz CT molecular complexity index is 711. The van der Waals surface area contributed by atoms with E-state index in [1.54, 1.807) is 48.5 Å². The van der Waals surface area contributed by atoms with Gasteiger partial charge in [0.25, 0.3) is 5.91 Å². The van der Waals surface area contributed by atoms with E-state index < -0.39 is 6.10 Å². The number of hydrogen-bond acceptors (Lipinski definition) is 4. The molecule has 0 aromatic heterocycles. The molecule has 2 aromatic carbocycles. The molecule has 0 spiro atoms. The average molecular weight is 331 g/mol. The van der Waals surface area contributed by atoms with Gasteiger partial charge in [-0.1, -0.05) is 35.9 Å². The highest BCUT2D eigenvalue weighted by Gasteiger charge is 2.10. The molecule has 0 saturated carbocycles. The molecule has 0 heterocycles. The number of ether oxygens (including phenoxy) is 1. The van der Waals surface area contributed by atoms with Crippen LogP contribution >= 0.6 is 11.6 Å². The zero-order valence-electron chi connectivity index (χ0n) is 12.2. The third-order valence-electron chi connectivity index (χ3n) is 3.11. The fraction of sp³-hybridized carbons (Fsp3) is 0.176. The summed E-state index contributed by atoms with van der Waals surface area (Å²) in [5.41, 5.74) is 1.02. The van der Waals surface area contributed by atoms with Crippen molar-refractivity contribution in [3.05, 3.63) is 64.7 Å². The Morgan fingerprint density at radius 1 is 1.26 bits per heavy atom. The molecule has 0 fully saturated rings. The van der Waals surface area contributed by atoms with Gasteiger partial charge in [0.05, 0.1) is 11.7 Å². The molecule has 0 aliphatic rings. The summed E-state index contributed by atoms with van der Waals surface area (Å²) in [6, 6.07) is 15.4. The fourth-order valence-electron chi connectivity index (χ4n) is 1.89. The lowest BCUT2D eigenvalue weighted by Gasteiger charge is -2.13. The van der Waals surface area contributed by atoms with Crippen LogP contribution in [0.5, 0.6) is 5.75 Å². The Kier molecular flexibility index (Phi) is 5.98. The summed E-state index contributed by atoms with van der Waals surface area (Å²) in [7, 11) is 0. The van der Waals surface area contributed by atoms with Crippen molar-refractivity contribution in [2.75, 3.05) is 13.2 Å².